The smallest absolute Gasteiger partial charge is 0.335 e. The number of carbonyl (C=O) groups excluding carboxylic acids is 1. The van der Waals surface area contributed by atoms with Gasteiger partial charge in [-0.1, -0.05) is 42.1 Å². The quantitative estimate of drug-likeness (QED) is 0.924. The van der Waals surface area contributed by atoms with Gasteiger partial charge in [0.25, 0.3) is 0 Å². The number of amides is 1. The topological polar surface area (TPSA) is 70.0 Å². The maximum atomic E-state index is 12.4. The molecule has 5 nitrogen and oxygen atoms in total. The molecule has 6 heteroatoms. The molecule has 1 aliphatic rings. The molecule has 3 rings (SSSR count). The van der Waals surface area contributed by atoms with Crippen molar-refractivity contribution >= 4 is 34.5 Å². The summed E-state index contributed by atoms with van der Waals surface area (Å²) >= 11 is 1.42. The molecule has 0 spiro atoms. The van der Waals surface area contributed by atoms with Crippen LogP contribution in [0.3, 0.4) is 0 Å². The number of aromatic carboxylic acids is 1. The molecule has 1 saturated heterocycles. The first kappa shape index (κ1) is 16.3. The molecule has 1 N–H and O–H groups in total. The Morgan fingerprint density at radius 2 is 1.83 bits per heavy atom. The van der Waals surface area contributed by atoms with Crippen LogP contribution >= 0.6 is 11.8 Å². The van der Waals surface area contributed by atoms with Gasteiger partial charge in [0.15, 0.2) is 5.17 Å². The van der Waals surface area contributed by atoms with Crippen LogP contribution in [0.2, 0.25) is 0 Å². The fourth-order valence-corrected chi connectivity index (χ4v) is 3.36. The molecule has 122 valence electrons. The van der Waals surface area contributed by atoms with Crippen LogP contribution in [-0.2, 0) is 11.3 Å². The van der Waals surface area contributed by atoms with Crippen molar-refractivity contribution < 1.29 is 14.7 Å². The lowest BCUT2D eigenvalue weighted by atomic mass is 10.2. The predicted octanol–water partition coefficient (Wildman–Crippen LogP) is 3.54. The summed E-state index contributed by atoms with van der Waals surface area (Å²) < 4.78 is 0. The summed E-state index contributed by atoms with van der Waals surface area (Å²) in [4.78, 5) is 29.5. The summed E-state index contributed by atoms with van der Waals surface area (Å²) in [6, 6.07) is 16.1. The lowest BCUT2D eigenvalue weighted by molar-refractivity contribution is -0.126. The molecule has 1 heterocycles. The first-order valence-electron chi connectivity index (χ1n) is 7.48. The third kappa shape index (κ3) is 3.49. The molecule has 1 unspecified atom stereocenters. The van der Waals surface area contributed by atoms with Crippen molar-refractivity contribution in [1.29, 1.82) is 0 Å². The monoisotopic (exact) mass is 340 g/mol. The standard InChI is InChI=1S/C18H16N2O3S/c1-12-16(21)20(11-13-5-3-2-4-6-13)18(24-12)19-15-9-7-14(8-10-15)17(22)23/h2-10,12H,11H2,1H3,(H,22,23). The third-order valence-electron chi connectivity index (χ3n) is 3.65. The summed E-state index contributed by atoms with van der Waals surface area (Å²) in [6.45, 7) is 2.34. The van der Waals surface area contributed by atoms with Crippen LogP contribution in [0, 0.1) is 0 Å². The highest BCUT2D eigenvalue weighted by Crippen LogP contribution is 2.30. The summed E-state index contributed by atoms with van der Waals surface area (Å²) in [5, 5.41) is 9.41. The van der Waals surface area contributed by atoms with Crippen molar-refractivity contribution in [1.82, 2.24) is 4.90 Å². The van der Waals surface area contributed by atoms with E-state index < -0.39 is 5.97 Å². The number of hydrogen-bond donors (Lipinski definition) is 1. The molecule has 0 aromatic heterocycles. The largest absolute Gasteiger partial charge is 0.478 e. The van der Waals surface area contributed by atoms with Gasteiger partial charge in [0.1, 0.15) is 0 Å². The first-order chi connectivity index (χ1) is 11.5. The van der Waals surface area contributed by atoms with Gasteiger partial charge in [-0.15, -0.1) is 0 Å². The van der Waals surface area contributed by atoms with Crippen molar-refractivity contribution in [3.8, 4) is 0 Å². The Kier molecular flexibility index (Phi) is 4.66. The van der Waals surface area contributed by atoms with Crippen LogP contribution in [0.25, 0.3) is 0 Å². The van der Waals surface area contributed by atoms with Crippen molar-refractivity contribution in [2.45, 2.75) is 18.7 Å². The maximum Gasteiger partial charge on any atom is 0.335 e. The molecule has 2 aromatic rings. The Morgan fingerprint density at radius 1 is 1.17 bits per heavy atom. The van der Waals surface area contributed by atoms with E-state index in [0.29, 0.717) is 17.4 Å². The molecule has 1 aliphatic heterocycles. The Balaban J connectivity index is 1.86. The third-order valence-corrected chi connectivity index (χ3v) is 4.73. The van der Waals surface area contributed by atoms with Crippen molar-refractivity contribution in [2.24, 2.45) is 4.99 Å². The normalized spacial score (nSPS) is 19.0. The molecule has 1 fully saturated rings. The molecular weight excluding hydrogens is 324 g/mol. The number of amidine groups is 1. The summed E-state index contributed by atoms with van der Waals surface area (Å²) in [5.41, 5.74) is 1.88. The SMILES string of the molecule is CC1SC(=Nc2ccc(C(=O)O)cc2)N(Cc2ccccc2)C1=O. The summed E-state index contributed by atoms with van der Waals surface area (Å²) in [7, 11) is 0. The lowest BCUT2D eigenvalue weighted by Crippen LogP contribution is -2.30. The van der Waals surface area contributed by atoms with Gasteiger partial charge < -0.3 is 5.11 Å². The molecule has 0 saturated carbocycles. The zero-order valence-electron chi connectivity index (χ0n) is 13.0. The zero-order valence-corrected chi connectivity index (χ0v) is 13.9. The number of nitrogens with zero attached hydrogens (tertiary/aromatic N) is 2. The van der Waals surface area contributed by atoms with E-state index in [1.807, 2.05) is 37.3 Å². The Bertz CT molecular complexity index is 788. The van der Waals surface area contributed by atoms with Gasteiger partial charge in [-0.25, -0.2) is 9.79 Å². The summed E-state index contributed by atoms with van der Waals surface area (Å²) in [5.74, 6) is -0.941. The molecule has 24 heavy (non-hydrogen) atoms. The average Bonchev–Trinajstić information content (AvgIpc) is 2.84. The highest BCUT2D eigenvalue weighted by molar-refractivity contribution is 8.15. The first-order valence-corrected chi connectivity index (χ1v) is 8.36. The van der Waals surface area contributed by atoms with Gasteiger partial charge in [-0.05, 0) is 36.8 Å². The summed E-state index contributed by atoms with van der Waals surface area (Å²) in [6.07, 6.45) is 0. The van der Waals surface area contributed by atoms with E-state index in [-0.39, 0.29) is 16.7 Å². The van der Waals surface area contributed by atoms with Crippen LogP contribution in [0.5, 0.6) is 0 Å². The number of thioether (sulfide) groups is 1. The molecule has 1 atom stereocenters. The number of carboxylic acids is 1. The molecule has 0 radical (unpaired) electrons. The van der Waals surface area contributed by atoms with Gasteiger partial charge in [-0.3, -0.25) is 9.69 Å². The fourth-order valence-electron chi connectivity index (χ4n) is 2.37. The lowest BCUT2D eigenvalue weighted by Gasteiger charge is -2.16. The predicted molar refractivity (Wildman–Crippen MR) is 94.5 cm³/mol. The van der Waals surface area contributed by atoms with Gasteiger partial charge >= 0.3 is 5.97 Å². The Morgan fingerprint density at radius 3 is 2.46 bits per heavy atom. The molecule has 0 bridgehead atoms. The molecule has 1 amide bonds. The number of rotatable bonds is 4. The minimum atomic E-state index is -0.973. The van der Waals surface area contributed by atoms with E-state index in [4.69, 9.17) is 5.11 Å². The van der Waals surface area contributed by atoms with Gasteiger partial charge in [0, 0.05) is 0 Å². The maximum absolute atomic E-state index is 12.4. The van der Waals surface area contributed by atoms with E-state index in [2.05, 4.69) is 4.99 Å². The number of carboxylic acid groups (broad SMARTS) is 1. The fraction of sp³-hybridized carbons (Fsp3) is 0.167. The van der Waals surface area contributed by atoms with E-state index in [1.54, 1.807) is 17.0 Å². The molecule has 2 aromatic carbocycles. The van der Waals surface area contributed by atoms with Crippen molar-refractivity contribution in [3.63, 3.8) is 0 Å². The van der Waals surface area contributed by atoms with E-state index in [9.17, 15) is 9.59 Å². The zero-order chi connectivity index (χ0) is 17.1. The highest BCUT2D eigenvalue weighted by Gasteiger charge is 2.34. The minimum Gasteiger partial charge on any atom is -0.478 e. The van der Waals surface area contributed by atoms with Crippen molar-refractivity contribution in [3.05, 3.63) is 65.7 Å². The van der Waals surface area contributed by atoms with Crippen molar-refractivity contribution in [2.75, 3.05) is 0 Å². The number of benzene rings is 2. The molecule has 0 aliphatic carbocycles. The number of hydrogen-bond acceptors (Lipinski definition) is 4. The Hall–Kier alpha value is -2.60. The van der Waals surface area contributed by atoms with Gasteiger partial charge in [0.05, 0.1) is 23.0 Å². The van der Waals surface area contributed by atoms with Gasteiger partial charge in [0.2, 0.25) is 5.91 Å². The van der Waals surface area contributed by atoms with Crippen LogP contribution < -0.4 is 0 Å². The second-order valence-corrected chi connectivity index (χ2v) is 6.72. The van der Waals surface area contributed by atoms with Crippen LogP contribution in [-0.4, -0.2) is 32.3 Å². The highest BCUT2D eigenvalue weighted by atomic mass is 32.2. The van der Waals surface area contributed by atoms with Crippen LogP contribution in [0.4, 0.5) is 5.69 Å². The van der Waals surface area contributed by atoms with Crippen LogP contribution in [0.15, 0.2) is 59.6 Å². The van der Waals surface area contributed by atoms with E-state index >= 15 is 0 Å². The van der Waals surface area contributed by atoms with Gasteiger partial charge in [-0.2, -0.15) is 0 Å². The second-order valence-electron chi connectivity index (χ2n) is 5.42. The average molecular weight is 340 g/mol. The number of carbonyl (C=O) groups is 2. The van der Waals surface area contributed by atoms with Crippen LogP contribution in [0.1, 0.15) is 22.8 Å². The second kappa shape index (κ2) is 6.88. The number of aliphatic imine (C=N–C) groups is 1. The minimum absolute atomic E-state index is 0.0322. The molecular formula is C18H16N2O3S. The van der Waals surface area contributed by atoms with E-state index in [0.717, 1.165) is 5.56 Å². The Labute approximate surface area is 144 Å². The van der Waals surface area contributed by atoms with E-state index in [1.165, 1.54) is 23.9 Å².